The van der Waals surface area contributed by atoms with Gasteiger partial charge < -0.3 is 0 Å². The van der Waals surface area contributed by atoms with Crippen LogP contribution >= 0.6 is 20.4 Å². The van der Waals surface area contributed by atoms with Crippen LogP contribution < -0.4 is 0 Å². The average Bonchev–Trinajstić information content (AvgIpc) is 1.75. The first-order valence-corrected chi connectivity index (χ1v) is 5.20. The Hall–Kier alpha value is 1.69. The molecule has 0 aliphatic carbocycles. The summed E-state index contributed by atoms with van der Waals surface area (Å²) >= 11 is 0.882. The fraction of sp³-hybridized carbons (Fsp3) is 0. The third-order valence-electron chi connectivity index (χ3n) is 0. The van der Waals surface area contributed by atoms with Gasteiger partial charge in [-0.25, -0.2) is 0 Å². The third kappa shape index (κ3) is 120. The quantitative estimate of drug-likeness (QED) is 0.624. The molecule has 0 radical (unpaired) electrons. The van der Waals surface area contributed by atoms with E-state index >= 15 is 0 Å². The van der Waals surface area contributed by atoms with E-state index in [0.29, 0.717) is 12.7 Å². The maximum atomic E-state index is 8.50. The third-order valence-corrected chi connectivity index (χ3v) is 0. The molecule has 0 bridgehead atoms. The Labute approximate surface area is 77.6 Å². The van der Waals surface area contributed by atoms with Gasteiger partial charge in [0, 0.05) is 0 Å². The minimum atomic E-state index is -2.00. The molecule has 0 unspecified atom stereocenters. The molecular formula is Cl2CoNiO3Ti. The predicted octanol–water partition coefficient (Wildman–Crippen LogP) is 1.02. The Morgan fingerprint density at radius 1 is 1.25 bits per heavy atom. The second-order valence-electron chi connectivity index (χ2n) is 0.129. The van der Waals surface area contributed by atoms with Gasteiger partial charge in [0.15, 0.2) is 0 Å². The first-order valence-electron chi connectivity index (χ1n) is 0.783. The molecule has 0 aromatic carbocycles. The Balaban J connectivity index is -0.0000000483. The minimum absolute atomic E-state index is 0.569. The first kappa shape index (κ1) is 16.4. The van der Waals surface area contributed by atoms with Gasteiger partial charge in [0.2, 0.25) is 0 Å². The van der Waals surface area contributed by atoms with E-state index < -0.39 is 19.1 Å². The molecule has 0 fully saturated rings. The van der Waals surface area contributed by atoms with Crippen LogP contribution in [0, 0.1) is 0 Å². The summed E-state index contributed by atoms with van der Waals surface area (Å²) in [4.78, 5) is 0. The van der Waals surface area contributed by atoms with Crippen LogP contribution in [0.5, 0.6) is 0 Å². The van der Waals surface area contributed by atoms with Crippen molar-refractivity contribution in [3.05, 3.63) is 0 Å². The molecule has 0 aromatic rings. The Kier molecular flexibility index (Phi) is 77.1. The SMILES string of the molecule is [Cl][Ni][Cl].[O]=[Co].[O]=[Ti]=[O]. The molecule has 0 atom stereocenters. The van der Waals surface area contributed by atoms with Crippen LogP contribution in [-0.2, 0) is 57.9 Å². The van der Waals surface area contributed by atoms with Crippen LogP contribution in [0.3, 0.4) is 0 Å². The van der Waals surface area contributed by atoms with Gasteiger partial charge in [-0.1, -0.05) is 0 Å². The molecule has 0 aliphatic rings. The summed E-state index contributed by atoms with van der Waals surface area (Å²) < 4.78 is 24.9. The Morgan fingerprint density at radius 3 is 1.25 bits per heavy atom. The molecule has 0 N–H and O–H groups in total. The van der Waals surface area contributed by atoms with E-state index in [4.69, 9.17) is 30.9 Å². The van der Waals surface area contributed by atoms with Gasteiger partial charge in [0.1, 0.15) is 0 Å². The molecule has 0 saturated heterocycles. The standard InChI is InChI=1S/2ClH.Co.Ni.3O.Ti/h2*1H;;;;;;/q;;;+2;;;;/p-2. The van der Waals surface area contributed by atoms with Crippen LogP contribution in [0.4, 0.5) is 0 Å². The summed E-state index contributed by atoms with van der Waals surface area (Å²) in [7, 11) is 9.40. The number of hydrogen-bond donors (Lipinski definition) is 0. The molecule has 55 valence electrons. The molecule has 0 rings (SSSR count). The van der Waals surface area contributed by atoms with Gasteiger partial charge >= 0.3 is 78.3 Å². The van der Waals surface area contributed by atoms with E-state index in [1.807, 2.05) is 0 Å². The number of halogens is 2. The maximum absolute atomic E-state index is 8.50. The van der Waals surface area contributed by atoms with E-state index in [1.165, 1.54) is 0 Å². The summed E-state index contributed by atoms with van der Waals surface area (Å²) in [5, 5.41) is 0. The van der Waals surface area contributed by atoms with Gasteiger partial charge in [0.25, 0.3) is 0 Å². The van der Waals surface area contributed by atoms with E-state index in [1.54, 1.807) is 0 Å². The fourth-order valence-electron chi connectivity index (χ4n) is 0. The summed E-state index contributed by atoms with van der Waals surface area (Å²) in [6.07, 6.45) is 0. The molecule has 3 nitrogen and oxygen atoms in total. The number of hydrogen-bond acceptors (Lipinski definition) is 3. The van der Waals surface area contributed by atoms with Crippen LogP contribution in [0.2, 0.25) is 0 Å². The zero-order valence-electron chi connectivity index (χ0n) is 3.13. The van der Waals surface area contributed by atoms with Crippen LogP contribution in [-0.4, -0.2) is 0 Å². The van der Waals surface area contributed by atoms with Crippen molar-refractivity contribution in [2.45, 2.75) is 0 Å². The zero-order chi connectivity index (χ0) is 7.41. The number of rotatable bonds is 0. The van der Waals surface area contributed by atoms with Crippen LogP contribution in [0.25, 0.3) is 0 Å². The summed E-state index contributed by atoms with van der Waals surface area (Å²) in [5.74, 6) is 0. The van der Waals surface area contributed by atoms with Crippen molar-refractivity contribution in [3.63, 3.8) is 0 Å². The van der Waals surface area contributed by atoms with Crippen molar-refractivity contribution >= 4 is 20.4 Å². The van der Waals surface area contributed by atoms with Crippen molar-refractivity contribution in [2.24, 2.45) is 0 Å². The van der Waals surface area contributed by atoms with Gasteiger partial charge in [0.05, 0.1) is 0 Å². The van der Waals surface area contributed by atoms with E-state index in [-0.39, 0.29) is 0 Å². The molecule has 0 saturated carbocycles. The van der Waals surface area contributed by atoms with Crippen molar-refractivity contribution in [1.82, 2.24) is 0 Å². The van der Waals surface area contributed by atoms with Gasteiger partial charge in [-0.05, 0) is 0 Å². The van der Waals surface area contributed by atoms with E-state index in [2.05, 4.69) is 15.7 Å². The van der Waals surface area contributed by atoms with Crippen molar-refractivity contribution in [1.29, 1.82) is 0 Å². The monoisotopic (exact) mass is 283 g/mol. The molecule has 0 heterocycles. The van der Waals surface area contributed by atoms with Crippen LogP contribution in [0.1, 0.15) is 0 Å². The van der Waals surface area contributed by atoms with Crippen molar-refractivity contribution in [3.8, 4) is 0 Å². The molecular weight excluding hydrogens is 284 g/mol. The first-order chi connectivity index (χ1) is 3.83. The molecule has 0 aromatic heterocycles. The summed E-state index contributed by atoms with van der Waals surface area (Å²) in [6.45, 7) is 0. The molecule has 8 heavy (non-hydrogen) atoms. The van der Waals surface area contributed by atoms with Crippen molar-refractivity contribution < 1.29 is 57.9 Å². The fourth-order valence-corrected chi connectivity index (χ4v) is 0. The Morgan fingerprint density at radius 2 is 1.25 bits per heavy atom. The second kappa shape index (κ2) is 37.7. The average molecular weight is 284 g/mol. The van der Waals surface area contributed by atoms with Crippen LogP contribution in [0.15, 0.2) is 0 Å². The normalized spacial score (nSPS) is 4.38. The molecule has 0 aliphatic heterocycles. The second-order valence-corrected chi connectivity index (χ2v) is 2.02. The zero-order valence-corrected chi connectivity index (χ0v) is 8.23. The topological polar surface area (TPSA) is 51.2 Å². The van der Waals surface area contributed by atoms with Gasteiger partial charge in [-0.3, -0.25) is 0 Å². The van der Waals surface area contributed by atoms with Crippen molar-refractivity contribution in [2.75, 3.05) is 0 Å². The predicted molar refractivity (Wildman–Crippen MR) is 13.8 cm³/mol. The van der Waals surface area contributed by atoms with E-state index in [9.17, 15) is 0 Å². The van der Waals surface area contributed by atoms with E-state index in [0.717, 1.165) is 0 Å². The molecule has 0 spiro atoms. The molecule has 0 amide bonds. The van der Waals surface area contributed by atoms with Gasteiger partial charge in [-0.15, -0.1) is 0 Å². The molecule has 8 heteroatoms. The summed E-state index contributed by atoms with van der Waals surface area (Å²) in [5.41, 5.74) is 0. The van der Waals surface area contributed by atoms with Gasteiger partial charge in [-0.2, -0.15) is 0 Å². The Bertz CT molecular complexity index is 55.2. The summed E-state index contributed by atoms with van der Waals surface area (Å²) in [6, 6.07) is 0.